The van der Waals surface area contributed by atoms with Crippen LogP contribution >= 0.6 is 0 Å². The van der Waals surface area contributed by atoms with E-state index in [9.17, 15) is 4.79 Å². The highest BCUT2D eigenvalue weighted by molar-refractivity contribution is 6.10. The van der Waals surface area contributed by atoms with Gasteiger partial charge in [0.2, 0.25) is 0 Å². The Kier molecular flexibility index (Phi) is 11.5. The van der Waals surface area contributed by atoms with E-state index in [4.69, 9.17) is 37.9 Å². The van der Waals surface area contributed by atoms with Gasteiger partial charge >= 0.3 is 0 Å². The normalized spacial score (nSPS) is 10.8. The molecule has 0 radical (unpaired) electrons. The van der Waals surface area contributed by atoms with Crippen LogP contribution in [-0.4, -0.2) is 54.6 Å². The summed E-state index contributed by atoms with van der Waals surface area (Å²) in [5, 5.41) is 0. The standard InChI is InChI=1S/C29H32O9/c1-31-18-36-23-15-27(37-19-32-2)29(28(16-23)38-20-33-3)24(30)12-10-21-11-13-25(34-4)26(14-21)35-17-22-8-6-5-7-9-22/h5-16H,17-20H2,1-4H3. The molecule has 0 aliphatic carbocycles. The van der Waals surface area contributed by atoms with Gasteiger partial charge < -0.3 is 37.9 Å². The number of hydrogen-bond donors (Lipinski definition) is 0. The van der Waals surface area contributed by atoms with E-state index in [0.717, 1.165) is 11.1 Å². The highest BCUT2D eigenvalue weighted by atomic mass is 16.7. The molecule has 3 rings (SSSR count). The predicted octanol–water partition coefficient (Wildman–Crippen LogP) is 5.12. The smallest absolute Gasteiger partial charge is 0.193 e. The van der Waals surface area contributed by atoms with Crippen LogP contribution in [0.15, 0.2) is 66.7 Å². The molecule has 9 nitrogen and oxygen atoms in total. The first kappa shape index (κ1) is 28.5. The molecule has 0 unspecified atom stereocenters. The summed E-state index contributed by atoms with van der Waals surface area (Å²) in [6.45, 7) is 0.220. The van der Waals surface area contributed by atoms with Gasteiger partial charge in [-0.1, -0.05) is 42.5 Å². The van der Waals surface area contributed by atoms with Gasteiger partial charge in [0, 0.05) is 33.5 Å². The monoisotopic (exact) mass is 524 g/mol. The molecule has 0 N–H and O–H groups in total. The minimum absolute atomic E-state index is 0.00672. The van der Waals surface area contributed by atoms with Crippen LogP contribution in [0, 0.1) is 0 Å². The van der Waals surface area contributed by atoms with Gasteiger partial charge in [0.25, 0.3) is 0 Å². The Morgan fingerprint density at radius 3 is 1.92 bits per heavy atom. The Labute approximate surface area is 222 Å². The first-order chi connectivity index (χ1) is 18.6. The number of ether oxygens (including phenoxy) is 8. The molecule has 0 atom stereocenters. The van der Waals surface area contributed by atoms with Gasteiger partial charge in [0.05, 0.1) is 7.11 Å². The maximum absolute atomic E-state index is 13.4. The molecule has 0 saturated carbocycles. The summed E-state index contributed by atoms with van der Waals surface area (Å²) in [6, 6.07) is 18.4. The van der Waals surface area contributed by atoms with Crippen LogP contribution in [0.5, 0.6) is 28.7 Å². The van der Waals surface area contributed by atoms with Crippen molar-refractivity contribution in [2.24, 2.45) is 0 Å². The van der Waals surface area contributed by atoms with E-state index < -0.39 is 0 Å². The molecule has 3 aromatic carbocycles. The summed E-state index contributed by atoms with van der Waals surface area (Å²) >= 11 is 0. The quantitative estimate of drug-likeness (QED) is 0.144. The van der Waals surface area contributed by atoms with Gasteiger partial charge in [-0.3, -0.25) is 4.79 Å². The molecular formula is C29H32O9. The maximum Gasteiger partial charge on any atom is 0.193 e. The summed E-state index contributed by atoms with van der Waals surface area (Å²) in [4.78, 5) is 13.4. The molecule has 0 heterocycles. The lowest BCUT2D eigenvalue weighted by atomic mass is 10.1. The SMILES string of the molecule is COCOc1cc(OCOC)c(C(=O)C=Cc2ccc(OC)c(OCc3ccccc3)c2)c(OCOC)c1. The number of carbonyl (C=O) groups is 1. The Bertz CT molecular complexity index is 1160. The van der Waals surface area contributed by atoms with Crippen molar-refractivity contribution < 1.29 is 42.7 Å². The number of benzene rings is 3. The van der Waals surface area contributed by atoms with E-state index in [-0.39, 0.29) is 43.2 Å². The average molecular weight is 525 g/mol. The van der Waals surface area contributed by atoms with Crippen LogP contribution < -0.4 is 23.7 Å². The number of allylic oxidation sites excluding steroid dienone is 1. The van der Waals surface area contributed by atoms with Crippen molar-refractivity contribution in [2.45, 2.75) is 6.61 Å². The molecule has 0 spiro atoms. The Hall–Kier alpha value is -4.05. The highest BCUT2D eigenvalue weighted by Crippen LogP contribution is 2.36. The third-order valence-corrected chi connectivity index (χ3v) is 5.15. The van der Waals surface area contributed by atoms with E-state index in [1.807, 2.05) is 36.4 Å². The molecule has 0 bridgehead atoms. The lowest BCUT2D eigenvalue weighted by Crippen LogP contribution is -2.10. The fourth-order valence-corrected chi connectivity index (χ4v) is 3.39. The number of ketones is 1. The second-order valence-electron chi connectivity index (χ2n) is 7.83. The van der Waals surface area contributed by atoms with Gasteiger partial charge in [0.15, 0.2) is 37.7 Å². The molecule has 0 amide bonds. The van der Waals surface area contributed by atoms with E-state index in [0.29, 0.717) is 23.9 Å². The van der Waals surface area contributed by atoms with Crippen molar-refractivity contribution in [1.82, 2.24) is 0 Å². The predicted molar refractivity (Wildman–Crippen MR) is 141 cm³/mol. The molecule has 0 aromatic heterocycles. The number of methoxy groups -OCH3 is 4. The van der Waals surface area contributed by atoms with Crippen molar-refractivity contribution in [3.63, 3.8) is 0 Å². The Balaban J connectivity index is 1.88. The Morgan fingerprint density at radius 2 is 1.32 bits per heavy atom. The van der Waals surface area contributed by atoms with E-state index in [1.54, 1.807) is 37.5 Å². The average Bonchev–Trinajstić information content (AvgIpc) is 2.95. The highest BCUT2D eigenvalue weighted by Gasteiger charge is 2.20. The summed E-state index contributed by atoms with van der Waals surface area (Å²) in [6.07, 6.45) is 3.10. The topological polar surface area (TPSA) is 90.9 Å². The van der Waals surface area contributed by atoms with Crippen molar-refractivity contribution in [3.05, 3.63) is 83.4 Å². The molecule has 0 fully saturated rings. The van der Waals surface area contributed by atoms with Crippen LogP contribution in [0.1, 0.15) is 21.5 Å². The maximum atomic E-state index is 13.4. The first-order valence-corrected chi connectivity index (χ1v) is 11.7. The van der Waals surface area contributed by atoms with Gasteiger partial charge in [-0.05, 0) is 29.3 Å². The van der Waals surface area contributed by atoms with Crippen molar-refractivity contribution >= 4 is 11.9 Å². The number of hydrogen-bond acceptors (Lipinski definition) is 9. The summed E-state index contributed by atoms with van der Waals surface area (Å²) in [7, 11) is 6.05. The van der Waals surface area contributed by atoms with Crippen LogP contribution in [0.4, 0.5) is 0 Å². The second-order valence-corrected chi connectivity index (χ2v) is 7.83. The number of carbonyl (C=O) groups excluding carboxylic acids is 1. The van der Waals surface area contributed by atoms with Crippen molar-refractivity contribution in [1.29, 1.82) is 0 Å². The molecule has 0 saturated heterocycles. The minimum atomic E-state index is -0.358. The number of rotatable bonds is 16. The van der Waals surface area contributed by atoms with Crippen LogP contribution in [0.25, 0.3) is 6.08 Å². The molecule has 9 heteroatoms. The fourth-order valence-electron chi connectivity index (χ4n) is 3.39. The minimum Gasteiger partial charge on any atom is -0.493 e. The van der Waals surface area contributed by atoms with Gasteiger partial charge in [0.1, 0.15) is 29.4 Å². The zero-order valence-electron chi connectivity index (χ0n) is 21.9. The molecule has 38 heavy (non-hydrogen) atoms. The van der Waals surface area contributed by atoms with Gasteiger partial charge in [-0.15, -0.1) is 0 Å². The Morgan fingerprint density at radius 1 is 0.684 bits per heavy atom. The van der Waals surface area contributed by atoms with Crippen LogP contribution in [0.2, 0.25) is 0 Å². The second kappa shape index (κ2) is 15.3. The largest absolute Gasteiger partial charge is 0.493 e. The summed E-state index contributed by atoms with van der Waals surface area (Å²) in [5.74, 6) is 1.62. The first-order valence-electron chi connectivity index (χ1n) is 11.7. The van der Waals surface area contributed by atoms with Crippen LogP contribution in [-0.2, 0) is 20.8 Å². The van der Waals surface area contributed by atoms with E-state index in [1.165, 1.54) is 27.4 Å². The van der Waals surface area contributed by atoms with Crippen LogP contribution in [0.3, 0.4) is 0 Å². The molecular weight excluding hydrogens is 492 g/mol. The van der Waals surface area contributed by atoms with Gasteiger partial charge in [-0.25, -0.2) is 0 Å². The summed E-state index contributed by atoms with van der Waals surface area (Å²) < 4.78 is 43.3. The van der Waals surface area contributed by atoms with Crippen molar-refractivity contribution in [3.8, 4) is 28.7 Å². The van der Waals surface area contributed by atoms with E-state index >= 15 is 0 Å². The molecule has 0 aliphatic rings. The zero-order valence-corrected chi connectivity index (χ0v) is 21.9. The molecule has 0 aliphatic heterocycles. The lowest BCUT2D eigenvalue weighted by molar-refractivity contribution is 0.0400. The van der Waals surface area contributed by atoms with E-state index in [2.05, 4.69) is 0 Å². The molecule has 3 aromatic rings. The molecule has 202 valence electrons. The summed E-state index contributed by atoms with van der Waals surface area (Å²) in [5.41, 5.74) is 1.95. The van der Waals surface area contributed by atoms with Gasteiger partial charge in [-0.2, -0.15) is 0 Å². The fraction of sp³-hybridized carbons (Fsp3) is 0.276. The third kappa shape index (κ3) is 8.24. The van der Waals surface area contributed by atoms with Crippen molar-refractivity contribution in [2.75, 3.05) is 48.8 Å². The zero-order chi connectivity index (χ0) is 27.2. The third-order valence-electron chi connectivity index (χ3n) is 5.15. The lowest BCUT2D eigenvalue weighted by Gasteiger charge is -2.16.